The van der Waals surface area contributed by atoms with Gasteiger partial charge in [0, 0.05) is 11.0 Å². The number of carbonyl (C=O) groups excluding carboxylic acids is 2. The molecule has 1 aromatic carbocycles. The van der Waals surface area contributed by atoms with Gasteiger partial charge in [-0.25, -0.2) is 4.79 Å². The largest absolute Gasteiger partial charge is 0.422 e. The van der Waals surface area contributed by atoms with Crippen molar-refractivity contribution in [1.82, 2.24) is 5.32 Å². The molecule has 0 aliphatic carbocycles. The average Bonchev–Trinajstić information content (AvgIpc) is 3.00. The lowest BCUT2D eigenvalue weighted by Gasteiger charge is -2.04. The van der Waals surface area contributed by atoms with E-state index >= 15 is 0 Å². The van der Waals surface area contributed by atoms with E-state index in [0.717, 1.165) is 21.1 Å². The number of halogens is 2. The Labute approximate surface area is 178 Å². The summed E-state index contributed by atoms with van der Waals surface area (Å²) in [6, 6.07) is 10.2. The molecule has 1 N–H and O–H groups in total. The maximum atomic E-state index is 12.1. The number of rotatable bonds is 7. The highest BCUT2D eigenvalue weighted by Crippen LogP contribution is 2.33. The van der Waals surface area contributed by atoms with Crippen molar-refractivity contribution >= 4 is 61.1 Å². The van der Waals surface area contributed by atoms with Gasteiger partial charge >= 0.3 is 5.97 Å². The minimum atomic E-state index is -0.456. The summed E-state index contributed by atoms with van der Waals surface area (Å²) in [6.45, 7) is 2.57. The number of unbranched alkanes of at least 4 members (excludes halogenated alkanes) is 1. The summed E-state index contributed by atoms with van der Waals surface area (Å²) in [5, 5.41) is 11.9. The summed E-state index contributed by atoms with van der Waals surface area (Å²) in [6.07, 6.45) is 3.33. The van der Waals surface area contributed by atoms with Crippen LogP contribution >= 0.6 is 43.2 Å². The van der Waals surface area contributed by atoms with E-state index < -0.39 is 11.9 Å². The summed E-state index contributed by atoms with van der Waals surface area (Å²) < 4.78 is 6.94. The van der Waals surface area contributed by atoms with Gasteiger partial charge in [-0.15, -0.1) is 11.3 Å². The summed E-state index contributed by atoms with van der Waals surface area (Å²) in [4.78, 5) is 24.6. The zero-order valence-corrected chi connectivity index (χ0v) is 18.4. The Bertz CT molecular complexity index is 879. The fourth-order valence-corrected chi connectivity index (χ4v) is 3.94. The second-order valence-corrected chi connectivity index (χ2v) is 8.69. The van der Waals surface area contributed by atoms with Crippen LogP contribution in [0.3, 0.4) is 0 Å². The van der Waals surface area contributed by atoms with Gasteiger partial charge in [0.2, 0.25) is 0 Å². The van der Waals surface area contributed by atoms with E-state index in [2.05, 4.69) is 37.2 Å². The highest BCUT2D eigenvalue weighted by Gasteiger charge is 2.14. The van der Waals surface area contributed by atoms with Gasteiger partial charge in [-0.2, -0.15) is 5.26 Å². The molecular formula is C19H16Br2N2O3S. The molecule has 0 unspecified atom stereocenters. The first-order chi connectivity index (χ1) is 12.9. The second kappa shape index (κ2) is 10.4. The molecule has 0 radical (unpaired) electrons. The smallest absolute Gasteiger partial charge is 0.353 e. The van der Waals surface area contributed by atoms with Crippen LogP contribution in [-0.4, -0.2) is 18.4 Å². The van der Waals surface area contributed by atoms with Crippen LogP contribution in [-0.2, 0) is 4.79 Å². The standard InChI is InChI=1S/C19H16Br2N2O3S/c1-2-3-8-23-18(24)13(11-22)9-12-4-6-14(7-5-12)26-19(25)16-10-15(20)17(21)27-16/h4-7,9-10H,2-3,8H2,1H3,(H,23,24)/b13-9-. The van der Waals surface area contributed by atoms with Gasteiger partial charge in [-0.3, -0.25) is 4.79 Å². The molecule has 0 bridgehead atoms. The molecule has 0 fully saturated rings. The molecule has 0 saturated carbocycles. The van der Waals surface area contributed by atoms with Crippen molar-refractivity contribution < 1.29 is 14.3 Å². The van der Waals surface area contributed by atoms with Gasteiger partial charge in [-0.1, -0.05) is 25.5 Å². The summed E-state index contributed by atoms with van der Waals surface area (Å²) >= 11 is 7.94. The lowest BCUT2D eigenvalue weighted by Crippen LogP contribution is -2.25. The van der Waals surface area contributed by atoms with Gasteiger partial charge in [0.25, 0.3) is 5.91 Å². The number of nitrogens with zero attached hydrogens (tertiary/aromatic N) is 1. The van der Waals surface area contributed by atoms with E-state index in [1.54, 1.807) is 30.3 Å². The number of ether oxygens (including phenoxy) is 1. The van der Waals surface area contributed by atoms with Crippen molar-refractivity contribution in [2.24, 2.45) is 0 Å². The number of hydrogen-bond donors (Lipinski definition) is 1. The van der Waals surface area contributed by atoms with E-state index in [1.807, 2.05) is 13.0 Å². The first-order valence-electron chi connectivity index (χ1n) is 8.11. The molecule has 0 aliphatic heterocycles. The van der Waals surface area contributed by atoms with E-state index in [1.165, 1.54) is 17.4 Å². The topological polar surface area (TPSA) is 79.2 Å². The predicted octanol–water partition coefficient (Wildman–Crippen LogP) is 5.32. The van der Waals surface area contributed by atoms with Crippen molar-refractivity contribution in [2.75, 3.05) is 6.54 Å². The zero-order chi connectivity index (χ0) is 19.8. The minimum absolute atomic E-state index is 0.0316. The number of carbonyl (C=O) groups is 2. The number of thiophene rings is 1. The second-order valence-electron chi connectivity index (χ2n) is 5.47. The molecule has 0 saturated heterocycles. The molecule has 2 rings (SSSR count). The third-order valence-electron chi connectivity index (χ3n) is 3.43. The average molecular weight is 512 g/mol. The van der Waals surface area contributed by atoms with Crippen molar-refractivity contribution in [3.05, 3.63) is 54.6 Å². The Kier molecular flexibility index (Phi) is 8.23. The summed E-state index contributed by atoms with van der Waals surface area (Å²) in [5.41, 5.74) is 0.697. The molecule has 1 aromatic heterocycles. The van der Waals surface area contributed by atoms with Gasteiger partial charge in [-0.05, 0) is 68.1 Å². The van der Waals surface area contributed by atoms with Crippen LogP contribution < -0.4 is 10.1 Å². The van der Waals surface area contributed by atoms with E-state index in [4.69, 9.17) is 4.74 Å². The number of amides is 1. The Morgan fingerprint density at radius 1 is 1.30 bits per heavy atom. The molecule has 1 heterocycles. The van der Waals surface area contributed by atoms with Gasteiger partial charge in [0.15, 0.2) is 0 Å². The molecular weight excluding hydrogens is 496 g/mol. The van der Waals surface area contributed by atoms with Crippen molar-refractivity contribution in [2.45, 2.75) is 19.8 Å². The van der Waals surface area contributed by atoms with Gasteiger partial charge in [0.05, 0.1) is 3.79 Å². The Morgan fingerprint density at radius 3 is 2.56 bits per heavy atom. The summed E-state index contributed by atoms with van der Waals surface area (Å²) in [7, 11) is 0. The number of benzene rings is 1. The molecule has 0 atom stereocenters. The van der Waals surface area contributed by atoms with E-state index in [-0.39, 0.29) is 5.57 Å². The Morgan fingerprint density at radius 2 is 2.00 bits per heavy atom. The van der Waals surface area contributed by atoms with Crippen LogP contribution in [0.2, 0.25) is 0 Å². The predicted molar refractivity (Wildman–Crippen MR) is 113 cm³/mol. The Hall–Kier alpha value is -1.95. The van der Waals surface area contributed by atoms with Crippen LogP contribution in [0.1, 0.15) is 35.0 Å². The van der Waals surface area contributed by atoms with Crippen molar-refractivity contribution in [3.63, 3.8) is 0 Å². The molecule has 1 amide bonds. The number of hydrogen-bond acceptors (Lipinski definition) is 5. The highest BCUT2D eigenvalue weighted by molar-refractivity contribution is 9.13. The lowest BCUT2D eigenvalue weighted by molar-refractivity contribution is -0.117. The molecule has 0 spiro atoms. The SMILES string of the molecule is CCCCNC(=O)/C(C#N)=C\c1ccc(OC(=O)c2cc(Br)c(Br)s2)cc1. The van der Waals surface area contributed by atoms with E-state index in [0.29, 0.717) is 22.7 Å². The fourth-order valence-electron chi connectivity index (χ4n) is 2.03. The minimum Gasteiger partial charge on any atom is -0.422 e. The maximum absolute atomic E-state index is 12.1. The number of esters is 1. The quantitative estimate of drug-likeness (QED) is 0.179. The lowest BCUT2D eigenvalue weighted by atomic mass is 10.1. The third kappa shape index (κ3) is 6.31. The molecule has 0 aliphatic rings. The number of nitriles is 1. The molecule has 5 nitrogen and oxygen atoms in total. The molecule has 140 valence electrons. The van der Waals surface area contributed by atoms with E-state index in [9.17, 15) is 14.9 Å². The molecule has 27 heavy (non-hydrogen) atoms. The van der Waals surface area contributed by atoms with Crippen LogP contribution in [0.4, 0.5) is 0 Å². The highest BCUT2D eigenvalue weighted by atomic mass is 79.9. The number of nitrogens with one attached hydrogen (secondary N) is 1. The van der Waals surface area contributed by atoms with Gasteiger partial charge < -0.3 is 10.1 Å². The van der Waals surface area contributed by atoms with Gasteiger partial charge in [0.1, 0.15) is 22.3 Å². The monoisotopic (exact) mass is 510 g/mol. The summed E-state index contributed by atoms with van der Waals surface area (Å²) in [5.74, 6) is -0.471. The van der Waals surface area contributed by atoms with Crippen LogP contribution in [0.25, 0.3) is 6.08 Å². The molecule has 8 heteroatoms. The fraction of sp³-hybridized carbons (Fsp3) is 0.211. The third-order valence-corrected chi connectivity index (χ3v) is 6.67. The van der Waals surface area contributed by atoms with Crippen molar-refractivity contribution in [1.29, 1.82) is 5.26 Å². The van der Waals surface area contributed by atoms with Crippen molar-refractivity contribution in [3.8, 4) is 11.8 Å². The first-order valence-corrected chi connectivity index (χ1v) is 10.5. The maximum Gasteiger partial charge on any atom is 0.353 e. The van der Waals surface area contributed by atoms with Crippen LogP contribution in [0, 0.1) is 11.3 Å². The molecule has 2 aromatic rings. The Balaban J connectivity index is 2.04. The normalized spacial score (nSPS) is 11.0. The zero-order valence-electron chi connectivity index (χ0n) is 14.4. The van der Waals surface area contributed by atoms with Crippen LogP contribution in [0.15, 0.2) is 44.2 Å². The first kappa shape index (κ1) is 21.4. The van der Waals surface area contributed by atoms with Crippen LogP contribution in [0.5, 0.6) is 5.75 Å².